The highest BCUT2D eigenvalue weighted by Gasteiger charge is 2.11. The zero-order valence-corrected chi connectivity index (χ0v) is 14.1. The third-order valence-electron chi connectivity index (χ3n) is 3.79. The van der Waals surface area contributed by atoms with Gasteiger partial charge in [0.2, 0.25) is 5.91 Å². The molecule has 2 rings (SSSR count). The van der Waals surface area contributed by atoms with E-state index in [1.165, 1.54) is 5.56 Å². The zero-order chi connectivity index (χ0) is 17.0. The number of ether oxygens (including phenoxy) is 2. The molecule has 2 aromatic carbocycles. The molecule has 2 N–H and O–H groups in total. The molecule has 2 aromatic rings. The first kappa shape index (κ1) is 16.9. The molecule has 0 aliphatic heterocycles. The van der Waals surface area contributed by atoms with Gasteiger partial charge >= 0.3 is 0 Å². The van der Waals surface area contributed by atoms with Gasteiger partial charge in [-0.2, -0.15) is 0 Å². The molecule has 0 aromatic heterocycles. The van der Waals surface area contributed by atoms with E-state index in [-0.39, 0.29) is 0 Å². The van der Waals surface area contributed by atoms with Gasteiger partial charge in [-0.3, -0.25) is 4.79 Å². The summed E-state index contributed by atoms with van der Waals surface area (Å²) in [4.78, 5) is 11.4. The quantitative estimate of drug-likeness (QED) is 0.884. The van der Waals surface area contributed by atoms with E-state index in [0.29, 0.717) is 24.5 Å². The van der Waals surface area contributed by atoms with Gasteiger partial charge in [0, 0.05) is 11.1 Å². The third kappa shape index (κ3) is 4.03. The summed E-state index contributed by atoms with van der Waals surface area (Å²) in [5.41, 5.74) is 10.1. The molecular weight excluding hydrogens is 290 g/mol. The lowest BCUT2D eigenvalue weighted by atomic mass is 10.1. The van der Waals surface area contributed by atoms with Gasteiger partial charge in [0.1, 0.15) is 18.1 Å². The Bertz CT molecular complexity index is 723. The molecule has 23 heavy (non-hydrogen) atoms. The van der Waals surface area contributed by atoms with Crippen LogP contribution < -0.4 is 15.2 Å². The topological polar surface area (TPSA) is 61.5 Å². The molecule has 4 nitrogen and oxygen atoms in total. The van der Waals surface area contributed by atoms with Crippen molar-refractivity contribution in [3.63, 3.8) is 0 Å². The fourth-order valence-electron chi connectivity index (χ4n) is 2.45. The maximum absolute atomic E-state index is 11.4. The summed E-state index contributed by atoms with van der Waals surface area (Å²) in [6.07, 6.45) is 0. The van der Waals surface area contributed by atoms with Crippen LogP contribution in [0, 0.1) is 20.8 Å². The molecule has 0 aliphatic carbocycles. The molecule has 4 heteroatoms. The van der Waals surface area contributed by atoms with E-state index in [1.807, 2.05) is 26.8 Å². The summed E-state index contributed by atoms with van der Waals surface area (Å²) in [6, 6.07) is 9.29. The average molecular weight is 313 g/mol. The molecule has 0 saturated heterocycles. The first-order chi connectivity index (χ1) is 10.9. The first-order valence-corrected chi connectivity index (χ1v) is 7.68. The number of carbonyl (C=O) groups is 1. The van der Waals surface area contributed by atoms with Crippen LogP contribution in [-0.2, 0) is 6.61 Å². The van der Waals surface area contributed by atoms with E-state index in [9.17, 15) is 4.79 Å². The van der Waals surface area contributed by atoms with Crippen LogP contribution in [0.1, 0.15) is 39.5 Å². The van der Waals surface area contributed by atoms with Crippen LogP contribution >= 0.6 is 0 Å². The molecule has 0 fully saturated rings. The highest BCUT2D eigenvalue weighted by Crippen LogP contribution is 2.27. The van der Waals surface area contributed by atoms with E-state index in [1.54, 1.807) is 18.2 Å². The molecule has 0 radical (unpaired) electrons. The smallest absolute Gasteiger partial charge is 0.248 e. The Morgan fingerprint density at radius 2 is 1.78 bits per heavy atom. The number of hydrogen-bond donors (Lipinski definition) is 1. The van der Waals surface area contributed by atoms with Crippen molar-refractivity contribution in [1.29, 1.82) is 0 Å². The average Bonchev–Trinajstić information content (AvgIpc) is 2.50. The minimum absolute atomic E-state index is 0.320. The van der Waals surface area contributed by atoms with Crippen LogP contribution in [0.25, 0.3) is 0 Å². The number of rotatable bonds is 6. The van der Waals surface area contributed by atoms with Crippen molar-refractivity contribution in [1.82, 2.24) is 0 Å². The molecule has 0 heterocycles. The van der Waals surface area contributed by atoms with Gasteiger partial charge in [0.05, 0.1) is 6.61 Å². The van der Waals surface area contributed by atoms with Crippen molar-refractivity contribution in [3.05, 3.63) is 58.1 Å². The SMILES string of the molecule is CCOc1ccc(C(N)=O)cc1COc1cc(C)cc(C)c1C. The molecule has 1 amide bonds. The molecule has 0 unspecified atom stereocenters. The Kier molecular flexibility index (Phi) is 5.27. The third-order valence-corrected chi connectivity index (χ3v) is 3.79. The van der Waals surface area contributed by atoms with Crippen LogP contribution in [0.3, 0.4) is 0 Å². The van der Waals surface area contributed by atoms with Gasteiger partial charge in [0.25, 0.3) is 0 Å². The van der Waals surface area contributed by atoms with Gasteiger partial charge in [-0.1, -0.05) is 6.07 Å². The summed E-state index contributed by atoms with van der Waals surface area (Å²) in [6.45, 7) is 8.92. The Hall–Kier alpha value is -2.49. The van der Waals surface area contributed by atoms with Crippen molar-refractivity contribution < 1.29 is 14.3 Å². The molecule has 0 spiro atoms. The Balaban J connectivity index is 2.28. The molecule has 0 aliphatic rings. The van der Waals surface area contributed by atoms with Crippen molar-refractivity contribution in [2.24, 2.45) is 5.73 Å². The maximum atomic E-state index is 11.4. The number of hydrogen-bond acceptors (Lipinski definition) is 3. The van der Waals surface area contributed by atoms with Crippen LogP contribution in [0.15, 0.2) is 30.3 Å². The van der Waals surface area contributed by atoms with Gasteiger partial charge in [-0.05, 0) is 68.7 Å². The van der Waals surface area contributed by atoms with E-state index < -0.39 is 5.91 Å². The van der Waals surface area contributed by atoms with Crippen molar-refractivity contribution in [2.45, 2.75) is 34.3 Å². The fourth-order valence-corrected chi connectivity index (χ4v) is 2.45. The second kappa shape index (κ2) is 7.18. The Labute approximate surface area is 137 Å². The summed E-state index contributed by atoms with van der Waals surface area (Å²) >= 11 is 0. The number of benzene rings is 2. The van der Waals surface area contributed by atoms with Crippen LogP contribution in [-0.4, -0.2) is 12.5 Å². The predicted octanol–water partition coefficient (Wildman–Crippen LogP) is 3.69. The minimum Gasteiger partial charge on any atom is -0.493 e. The fraction of sp³-hybridized carbons (Fsp3) is 0.316. The number of nitrogens with two attached hydrogens (primary N) is 1. The number of aryl methyl sites for hydroxylation is 2. The predicted molar refractivity (Wildman–Crippen MR) is 91.1 cm³/mol. The standard InChI is InChI=1S/C19H23NO3/c1-5-22-17-7-6-15(19(20)21)10-16(17)11-23-18-9-12(2)8-13(3)14(18)4/h6-10H,5,11H2,1-4H3,(H2,20,21). The second-order valence-electron chi connectivity index (χ2n) is 5.61. The van der Waals surface area contributed by atoms with E-state index in [4.69, 9.17) is 15.2 Å². The first-order valence-electron chi connectivity index (χ1n) is 7.68. The van der Waals surface area contributed by atoms with Crippen LogP contribution in [0.2, 0.25) is 0 Å². The van der Waals surface area contributed by atoms with Crippen LogP contribution in [0.4, 0.5) is 0 Å². The largest absolute Gasteiger partial charge is 0.493 e. The summed E-state index contributed by atoms with van der Waals surface area (Å²) in [7, 11) is 0. The van der Waals surface area contributed by atoms with Gasteiger partial charge < -0.3 is 15.2 Å². The summed E-state index contributed by atoms with van der Waals surface area (Å²) < 4.78 is 11.6. The minimum atomic E-state index is -0.461. The van der Waals surface area contributed by atoms with Crippen molar-refractivity contribution >= 4 is 5.91 Å². The lowest BCUT2D eigenvalue weighted by Gasteiger charge is -2.15. The second-order valence-corrected chi connectivity index (χ2v) is 5.61. The van der Waals surface area contributed by atoms with E-state index >= 15 is 0 Å². The van der Waals surface area contributed by atoms with Gasteiger partial charge in [-0.25, -0.2) is 0 Å². The van der Waals surface area contributed by atoms with Crippen LogP contribution in [0.5, 0.6) is 11.5 Å². The molecule has 0 atom stereocenters. The highest BCUT2D eigenvalue weighted by molar-refractivity contribution is 5.93. The lowest BCUT2D eigenvalue weighted by molar-refractivity contribution is 0.1000. The highest BCUT2D eigenvalue weighted by atomic mass is 16.5. The monoisotopic (exact) mass is 313 g/mol. The molecular formula is C19H23NO3. The number of primary amides is 1. The van der Waals surface area contributed by atoms with Gasteiger partial charge in [-0.15, -0.1) is 0 Å². The molecule has 122 valence electrons. The van der Waals surface area contributed by atoms with Crippen molar-refractivity contribution in [3.8, 4) is 11.5 Å². The number of carbonyl (C=O) groups excluding carboxylic acids is 1. The normalized spacial score (nSPS) is 10.4. The lowest BCUT2D eigenvalue weighted by Crippen LogP contribution is -2.12. The van der Waals surface area contributed by atoms with Gasteiger partial charge in [0.15, 0.2) is 0 Å². The summed E-state index contributed by atoms with van der Waals surface area (Å²) in [5.74, 6) is 1.09. The summed E-state index contributed by atoms with van der Waals surface area (Å²) in [5, 5.41) is 0. The maximum Gasteiger partial charge on any atom is 0.248 e. The molecule has 0 bridgehead atoms. The number of amides is 1. The Morgan fingerprint density at radius 1 is 1.04 bits per heavy atom. The van der Waals surface area contributed by atoms with E-state index in [2.05, 4.69) is 13.0 Å². The van der Waals surface area contributed by atoms with E-state index in [0.717, 1.165) is 22.4 Å². The zero-order valence-electron chi connectivity index (χ0n) is 14.1. The molecule has 0 saturated carbocycles. The van der Waals surface area contributed by atoms with Crippen molar-refractivity contribution in [2.75, 3.05) is 6.61 Å². The Morgan fingerprint density at radius 3 is 2.43 bits per heavy atom.